The Morgan fingerprint density at radius 2 is 1.69 bits per heavy atom. The number of thiophene rings is 2. The molecule has 3 saturated heterocycles. The van der Waals surface area contributed by atoms with E-state index >= 15 is 0 Å². The number of amides is 2. The van der Waals surface area contributed by atoms with E-state index < -0.39 is 16.1 Å². The third-order valence-corrected chi connectivity index (χ3v) is 11.7. The van der Waals surface area contributed by atoms with Crippen molar-refractivity contribution in [1.82, 2.24) is 19.4 Å². The molecule has 3 aliphatic heterocycles. The molecule has 3 fully saturated rings. The largest absolute Gasteiger partial charge is 0.337 e. The summed E-state index contributed by atoms with van der Waals surface area (Å²) in [5.41, 5.74) is 0. The second-order valence-corrected chi connectivity index (χ2v) is 14.4. The second kappa shape index (κ2) is 11.1. The number of hydrogen-bond acceptors (Lipinski definition) is 7. The highest BCUT2D eigenvalue weighted by molar-refractivity contribution is 7.91. The molecule has 2 aromatic rings. The molecule has 0 unspecified atom stereocenters. The first kappa shape index (κ1) is 26.1. The first-order valence-electron chi connectivity index (χ1n) is 12.5. The van der Waals surface area contributed by atoms with Gasteiger partial charge >= 0.3 is 0 Å². The van der Waals surface area contributed by atoms with E-state index in [-0.39, 0.29) is 28.6 Å². The molecule has 8 nitrogen and oxygen atoms in total. The van der Waals surface area contributed by atoms with Gasteiger partial charge in [0.15, 0.2) is 0 Å². The minimum absolute atomic E-state index is 0.00977. The summed E-state index contributed by atoms with van der Waals surface area (Å²) in [5.74, 6) is -0.360. The van der Waals surface area contributed by atoms with Crippen LogP contribution in [0.1, 0.15) is 38.5 Å². The van der Waals surface area contributed by atoms with Crippen LogP contribution in [-0.4, -0.2) is 86.3 Å². The second-order valence-electron chi connectivity index (χ2n) is 9.69. The zero-order chi connectivity index (χ0) is 25.3. The lowest BCUT2D eigenvalue weighted by Gasteiger charge is -2.34. The lowest BCUT2D eigenvalue weighted by molar-refractivity contribution is -0.143. The number of likely N-dealkylation sites (tertiary alicyclic amines) is 3. The van der Waals surface area contributed by atoms with Crippen molar-refractivity contribution in [3.05, 3.63) is 28.6 Å². The maximum atomic E-state index is 13.2. The summed E-state index contributed by atoms with van der Waals surface area (Å²) in [6, 6.07) is 6.29. The number of halogens is 1. The molecule has 0 saturated carbocycles. The van der Waals surface area contributed by atoms with Crippen molar-refractivity contribution in [1.29, 1.82) is 0 Å². The predicted molar refractivity (Wildman–Crippen MR) is 143 cm³/mol. The molecule has 0 aromatic carbocycles. The average molecular weight is 571 g/mol. The number of piperidine rings is 1. The van der Waals surface area contributed by atoms with Crippen LogP contribution in [0.25, 0.3) is 9.75 Å². The molecular formula is C24H31ClN4O4S3. The van der Waals surface area contributed by atoms with Gasteiger partial charge in [-0.3, -0.25) is 9.59 Å². The highest BCUT2D eigenvalue weighted by Gasteiger charge is 2.36. The topological polar surface area (TPSA) is 90.0 Å². The van der Waals surface area contributed by atoms with Gasteiger partial charge in [-0.2, -0.15) is 4.72 Å². The van der Waals surface area contributed by atoms with E-state index in [9.17, 15) is 18.0 Å². The summed E-state index contributed by atoms with van der Waals surface area (Å²) < 4.78 is 29.5. The third kappa shape index (κ3) is 5.81. The van der Waals surface area contributed by atoms with Crippen LogP contribution >= 0.6 is 34.3 Å². The quantitative estimate of drug-likeness (QED) is 0.525. The fourth-order valence-electron chi connectivity index (χ4n) is 5.37. The average Bonchev–Trinajstić information content (AvgIpc) is 3.64. The normalized spacial score (nSPS) is 23.6. The molecular weight excluding hydrogens is 540 g/mol. The molecule has 196 valence electrons. The van der Waals surface area contributed by atoms with Gasteiger partial charge in [0, 0.05) is 35.4 Å². The lowest BCUT2D eigenvalue weighted by atomic mass is 10.1. The fourth-order valence-corrected chi connectivity index (χ4v) is 9.05. The first-order valence-corrected chi connectivity index (χ1v) is 16.0. The van der Waals surface area contributed by atoms with Crippen LogP contribution in [0.5, 0.6) is 0 Å². The molecule has 0 spiro atoms. The lowest BCUT2D eigenvalue weighted by Crippen LogP contribution is -2.55. The molecule has 2 aromatic heterocycles. The Kier molecular flexibility index (Phi) is 8.04. The number of sulfonamides is 1. The summed E-state index contributed by atoms with van der Waals surface area (Å²) in [6.45, 7) is 4.30. The molecule has 2 atom stereocenters. The summed E-state index contributed by atoms with van der Waals surface area (Å²) in [5, 5.41) is 0. The van der Waals surface area contributed by atoms with Gasteiger partial charge in [-0.25, -0.2) is 8.42 Å². The fraction of sp³-hybridized carbons (Fsp3) is 0.583. The first-order chi connectivity index (χ1) is 17.3. The minimum Gasteiger partial charge on any atom is -0.337 e. The SMILES string of the molecule is O=C1[C@@H](NS(=O)(=O)c2ccc(-c3ccc(Cl)s3)s2)CCCN1CC(=O)N1CCC[C@H]1CN1CCCC1. The number of nitrogens with one attached hydrogen (secondary N) is 1. The van der Waals surface area contributed by atoms with Crippen molar-refractivity contribution in [2.24, 2.45) is 0 Å². The van der Waals surface area contributed by atoms with E-state index in [4.69, 9.17) is 11.6 Å². The molecule has 12 heteroatoms. The molecule has 0 bridgehead atoms. The number of nitrogens with zero attached hydrogens (tertiary/aromatic N) is 3. The van der Waals surface area contributed by atoms with Crippen molar-refractivity contribution < 1.29 is 18.0 Å². The Balaban J connectivity index is 1.20. The molecule has 1 N–H and O–H groups in total. The van der Waals surface area contributed by atoms with Crippen molar-refractivity contribution in [3.63, 3.8) is 0 Å². The van der Waals surface area contributed by atoms with Gasteiger partial charge < -0.3 is 14.7 Å². The monoisotopic (exact) mass is 570 g/mol. The van der Waals surface area contributed by atoms with Gasteiger partial charge in [0.05, 0.1) is 10.9 Å². The molecule has 3 aliphatic rings. The summed E-state index contributed by atoms with van der Waals surface area (Å²) in [4.78, 5) is 33.9. The van der Waals surface area contributed by atoms with Crippen molar-refractivity contribution in [2.45, 2.75) is 54.8 Å². The Morgan fingerprint density at radius 1 is 0.972 bits per heavy atom. The predicted octanol–water partition coefficient (Wildman–Crippen LogP) is 3.49. The molecule has 5 heterocycles. The molecule has 0 aliphatic carbocycles. The summed E-state index contributed by atoms with van der Waals surface area (Å²) in [6.07, 6.45) is 5.49. The molecule has 2 amide bonds. The zero-order valence-corrected chi connectivity index (χ0v) is 23.2. The van der Waals surface area contributed by atoms with E-state index in [1.54, 1.807) is 18.2 Å². The Morgan fingerprint density at radius 3 is 2.44 bits per heavy atom. The van der Waals surface area contributed by atoms with Gasteiger partial charge in [-0.05, 0) is 75.9 Å². The van der Waals surface area contributed by atoms with Crippen LogP contribution in [0.4, 0.5) is 0 Å². The number of hydrogen-bond donors (Lipinski definition) is 1. The van der Waals surface area contributed by atoms with Crippen molar-refractivity contribution >= 4 is 56.1 Å². The maximum absolute atomic E-state index is 13.2. The number of carbonyl (C=O) groups is 2. The minimum atomic E-state index is -3.87. The molecule has 0 radical (unpaired) electrons. The van der Waals surface area contributed by atoms with Crippen LogP contribution < -0.4 is 4.72 Å². The van der Waals surface area contributed by atoms with Gasteiger partial charge in [0.25, 0.3) is 10.0 Å². The van der Waals surface area contributed by atoms with Crippen LogP contribution in [0, 0.1) is 0 Å². The van der Waals surface area contributed by atoms with Crippen molar-refractivity contribution in [3.8, 4) is 9.75 Å². The van der Waals surface area contributed by atoms with Crippen LogP contribution in [0.2, 0.25) is 4.34 Å². The van der Waals surface area contributed by atoms with Gasteiger partial charge in [-0.1, -0.05) is 11.6 Å². The van der Waals surface area contributed by atoms with E-state index in [1.165, 1.54) is 29.1 Å². The zero-order valence-electron chi connectivity index (χ0n) is 20.0. The smallest absolute Gasteiger partial charge is 0.250 e. The van der Waals surface area contributed by atoms with Crippen LogP contribution in [0.3, 0.4) is 0 Å². The van der Waals surface area contributed by atoms with E-state index in [1.807, 2.05) is 11.0 Å². The highest BCUT2D eigenvalue weighted by atomic mass is 35.5. The Labute approximate surface area is 225 Å². The highest BCUT2D eigenvalue weighted by Crippen LogP contribution is 2.37. The van der Waals surface area contributed by atoms with Crippen LogP contribution in [0.15, 0.2) is 28.5 Å². The molecule has 36 heavy (non-hydrogen) atoms. The van der Waals surface area contributed by atoms with Crippen LogP contribution in [-0.2, 0) is 19.6 Å². The number of rotatable bonds is 8. The molecule has 5 rings (SSSR count). The van der Waals surface area contributed by atoms with E-state index in [2.05, 4.69) is 9.62 Å². The van der Waals surface area contributed by atoms with E-state index in [0.29, 0.717) is 23.7 Å². The number of carbonyl (C=O) groups excluding carboxylic acids is 2. The Bertz CT molecular complexity index is 1210. The summed E-state index contributed by atoms with van der Waals surface area (Å²) in [7, 11) is -3.87. The standard InChI is InChI=1S/C24H31ClN4O4S3/c25-21-9-7-19(34-21)20-8-10-23(35-20)36(32,33)26-18-6-4-13-28(24(18)31)16-22(30)29-14-3-5-17(29)15-27-11-1-2-12-27/h7-10,17-18,26H,1-6,11-16H2/t17-,18-/m0/s1. The summed E-state index contributed by atoms with van der Waals surface area (Å²) >= 11 is 8.55. The van der Waals surface area contributed by atoms with E-state index in [0.717, 1.165) is 60.1 Å². The van der Waals surface area contributed by atoms with Crippen molar-refractivity contribution in [2.75, 3.05) is 39.3 Å². The third-order valence-electron chi connectivity index (χ3n) is 7.18. The maximum Gasteiger partial charge on any atom is 0.250 e. The van der Waals surface area contributed by atoms with Gasteiger partial charge in [0.1, 0.15) is 10.3 Å². The van der Waals surface area contributed by atoms with Gasteiger partial charge in [0.2, 0.25) is 11.8 Å². The Hall–Kier alpha value is -1.50. The van der Waals surface area contributed by atoms with Gasteiger partial charge in [-0.15, -0.1) is 22.7 Å².